The van der Waals surface area contributed by atoms with E-state index in [1.165, 1.54) is 12.1 Å². The zero-order valence-corrected chi connectivity index (χ0v) is 16.5. The number of anilines is 1. The zero-order chi connectivity index (χ0) is 20.9. The molecule has 6 nitrogen and oxygen atoms in total. The molecule has 0 radical (unpaired) electrons. The largest absolute Gasteiger partial charge is 0.497 e. The smallest absolute Gasteiger partial charge is 0.247 e. The monoisotopic (exact) mass is 405 g/mol. The highest BCUT2D eigenvalue weighted by Gasteiger charge is 2.23. The topological polar surface area (TPSA) is 69.4 Å². The molecule has 0 aliphatic heterocycles. The molecular weight excluding hydrogens is 385 g/mol. The Kier molecular flexibility index (Phi) is 5.61. The van der Waals surface area contributed by atoms with Gasteiger partial charge in [0, 0.05) is 11.6 Å². The maximum absolute atomic E-state index is 13.5. The SMILES string of the molecule is COc1ccc(OC)c(N[C@H](c2ccc(F)cc2)c2nnc(-c3ccccc3)o2)c1. The van der Waals surface area contributed by atoms with Gasteiger partial charge in [0.15, 0.2) is 0 Å². The fraction of sp³-hybridized carbons (Fsp3) is 0.130. The molecule has 4 rings (SSSR count). The summed E-state index contributed by atoms with van der Waals surface area (Å²) < 4.78 is 30.3. The van der Waals surface area contributed by atoms with Crippen LogP contribution in [0.1, 0.15) is 17.5 Å². The minimum Gasteiger partial charge on any atom is -0.497 e. The van der Waals surface area contributed by atoms with Crippen molar-refractivity contribution in [3.05, 3.63) is 90.1 Å². The fourth-order valence-electron chi connectivity index (χ4n) is 3.07. The second-order valence-electron chi connectivity index (χ2n) is 6.51. The molecule has 0 fully saturated rings. The lowest BCUT2D eigenvalue weighted by Gasteiger charge is -2.19. The quantitative estimate of drug-likeness (QED) is 0.462. The van der Waals surface area contributed by atoms with Gasteiger partial charge in [-0.05, 0) is 42.0 Å². The van der Waals surface area contributed by atoms with Gasteiger partial charge in [-0.3, -0.25) is 0 Å². The van der Waals surface area contributed by atoms with Crippen LogP contribution in [0.15, 0.2) is 77.2 Å². The van der Waals surface area contributed by atoms with E-state index in [1.807, 2.05) is 36.4 Å². The number of ether oxygens (including phenoxy) is 2. The van der Waals surface area contributed by atoms with Crippen molar-refractivity contribution >= 4 is 5.69 Å². The van der Waals surface area contributed by atoms with Gasteiger partial charge >= 0.3 is 0 Å². The standard InChI is InChI=1S/C23H20FN3O3/c1-28-18-12-13-20(29-2)19(14-18)25-21(15-8-10-17(24)11-9-15)23-27-26-22(30-23)16-6-4-3-5-7-16/h3-14,21,25H,1-2H3/t21-/m1/s1. The molecule has 0 amide bonds. The van der Waals surface area contributed by atoms with Crippen molar-refractivity contribution in [3.8, 4) is 23.0 Å². The van der Waals surface area contributed by atoms with Crippen LogP contribution in [0.25, 0.3) is 11.5 Å². The summed E-state index contributed by atoms with van der Waals surface area (Å²) in [7, 11) is 3.17. The summed E-state index contributed by atoms with van der Waals surface area (Å²) in [5.41, 5.74) is 2.24. The number of aromatic nitrogens is 2. The molecule has 0 saturated heterocycles. The Balaban J connectivity index is 1.75. The summed E-state index contributed by atoms with van der Waals surface area (Å²) >= 11 is 0. The maximum atomic E-state index is 13.5. The molecule has 4 aromatic rings. The van der Waals surface area contributed by atoms with Gasteiger partial charge in [0.1, 0.15) is 23.4 Å². The van der Waals surface area contributed by atoms with E-state index in [-0.39, 0.29) is 5.82 Å². The third-order valence-corrected chi connectivity index (χ3v) is 4.62. The van der Waals surface area contributed by atoms with Gasteiger partial charge in [-0.1, -0.05) is 30.3 Å². The number of rotatable bonds is 7. The fourth-order valence-corrected chi connectivity index (χ4v) is 3.07. The number of hydrogen-bond acceptors (Lipinski definition) is 6. The van der Waals surface area contributed by atoms with Crippen LogP contribution in [0, 0.1) is 5.82 Å². The predicted molar refractivity (Wildman–Crippen MR) is 111 cm³/mol. The normalized spacial score (nSPS) is 11.7. The minimum atomic E-state index is -0.531. The molecule has 0 saturated carbocycles. The van der Waals surface area contributed by atoms with Crippen LogP contribution in [-0.4, -0.2) is 24.4 Å². The van der Waals surface area contributed by atoms with Crippen molar-refractivity contribution < 1.29 is 18.3 Å². The van der Waals surface area contributed by atoms with Gasteiger partial charge in [-0.2, -0.15) is 0 Å². The highest BCUT2D eigenvalue weighted by atomic mass is 19.1. The molecular formula is C23H20FN3O3. The van der Waals surface area contributed by atoms with Crippen LogP contribution >= 0.6 is 0 Å². The Morgan fingerprint density at radius 3 is 2.37 bits per heavy atom. The molecule has 0 aliphatic carbocycles. The Morgan fingerprint density at radius 1 is 0.900 bits per heavy atom. The van der Waals surface area contributed by atoms with Crippen LogP contribution < -0.4 is 14.8 Å². The highest BCUT2D eigenvalue weighted by molar-refractivity contribution is 5.61. The van der Waals surface area contributed by atoms with Crippen molar-refractivity contribution in [2.45, 2.75) is 6.04 Å². The van der Waals surface area contributed by atoms with E-state index in [4.69, 9.17) is 13.9 Å². The first-order valence-electron chi connectivity index (χ1n) is 9.31. The molecule has 0 aliphatic rings. The molecule has 1 atom stereocenters. The number of benzene rings is 3. The summed E-state index contributed by atoms with van der Waals surface area (Å²) in [6.45, 7) is 0. The van der Waals surface area contributed by atoms with Crippen LogP contribution in [0.2, 0.25) is 0 Å². The summed E-state index contributed by atoms with van der Waals surface area (Å²) in [5, 5.41) is 11.8. The number of nitrogens with zero attached hydrogens (tertiary/aromatic N) is 2. The number of hydrogen-bond donors (Lipinski definition) is 1. The predicted octanol–water partition coefficient (Wildman–Crippen LogP) is 5.09. The van der Waals surface area contributed by atoms with Gasteiger partial charge in [0.25, 0.3) is 0 Å². The molecule has 0 unspecified atom stereocenters. The Labute approximate surface area is 173 Å². The molecule has 30 heavy (non-hydrogen) atoms. The van der Waals surface area contributed by atoms with Crippen molar-refractivity contribution in [1.29, 1.82) is 0 Å². The first-order valence-corrected chi connectivity index (χ1v) is 9.31. The lowest BCUT2D eigenvalue weighted by atomic mass is 10.1. The van der Waals surface area contributed by atoms with Crippen molar-refractivity contribution in [2.24, 2.45) is 0 Å². The first kappa shape index (κ1) is 19.4. The summed E-state index contributed by atoms with van der Waals surface area (Å²) in [6.07, 6.45) is 0. The maximum Gasteiger partial charge on any atom is 0.247 e. The summed E-state index contributed by atoms with van der Waals surface area (Å²) in [4.78, 5) is 0. The molecule has 7 heteroatoms. The number of nitrogens with one attached hydrogen (secondary N) is 1. The lowest BCUT2D eigenvalue weighted by Crippen LogP contribution is -2.14. The summed E-state index contributed by atoms with van der Waals surface area (Å²) in [5.74, 6) is 1.69. The van der Waals surface area contributed by atoms with Crippen LogP contribution in [0.5, 0.6) is 11.5 Å². The second-order valence-corrected chi connectivity index (χ2v) is 6.51. The van der Waals surface area contributed by atoms with Crippen LogP contribution in [0.4, 0.5) is 10.1 Å². The van der Waals surface area contributed by atoms with E-state index < -0.39 is 6.04 Å². The molecule has 1 N–H and O–H groups in total. The molecule has 3 aromatic carbocycles. The summed E-state index contributed by atoms with van der Waals surface area (Å²) in [6, 6.07) is 20.5. The van der Waals surface area contributed by atoms with Gasteiger partial charge in [0.05, 0.1) is 19.9 Å². The Morgan fingerprint density at radius 2 is 1.67 bits per heavy atom. The van der Waals surface area contributed by atoms with E-state index in [0.29, 0.717) is 29.0 Å². The molecule has 1 aromatic heterocycles. The molecule has 0 spiro atoms. The van der Waals surface area contributed by atoms with E-state index in [0.717, 1.165) is 11.1 Å². The first-order chi connectivity index (χ1) is 14.7. The van der Waals surface area contributed by atoms with Crippen molar-refractivity contribution in [3.63, 3.8) is 0 Å². The third-order valence-electron chi connectivity index (χ3n) is 4.62. The van der Waals surface area contributed by atoms with E-state index in [1.54, 1.807) is 38.5 Å². The average molecular weight is 405 g/mol. The Bertz CT molecular complexity index is 1110. The van der Waals surface area contributed by atoms with E-state index in [9.17, 15) is 4.39 Å². The second kappa shape index (κ2) is 8.65. The van der Waals surface area contributed by atoms with Crippen LogP contribution in [0.3, 0.4) is 0 Å². The molecule has 1 heterocycles. The van der Waals surface area contributed by atoms with Gasteiger partial charge in [-0.15, -0.1) is 10.2 Å². The van der Waals surface area contributed by atoms with Gasteiger partial charge in [0.2, 0.25) is 11.8 Å². The van der Waals surface area contributed by atoms with Gasteiger partial charge < -0.3 is 19.2 Å². The lowest BCUT2D eigenvalue weighted by molar-refractivity contribution is 0.404. The third kappa shape index (κ3) is 4.10. The number of methoxy groups -OCH3 is 2. The van der Waals surface area contributed by atoms with Crippen molar-refractivity contribution in [1.82, 2.24) is 10.2 Å². The van der Waals surface area contributed by atoms with Gasteiger partial charge in [-0.25, -0.2) is 4.39 Å². The molecule has 0 bridgehead atoms. The highest BCUT2D eigenvalue weighted by Crippen LogP contribution is 2.35. The van der Waals surface area contributed by atoms with Crippen molar-refractivity contribution in [2.75, 3.05) is 19.5 Å². The number of halogens is 1. The zero-order valence-electron chi connectivity index (χ0n) is 16.5. The average Bonchev–Trinajstić information content (AvgIpc) is 3.28. The minimum absolute atomic E-state index is 0.327. The van der Waals surface area contributed by atoms with E-state index >= 15 is 0 Å². The van der Waals surface area contributed by atoms with Crippen LogP contribution in [-0.2, 0) is 0 Å². The molecule has 152 valence electrons. The Hall–Kier alpha value is -3.87. The van der Waals surface area contributed by atoms with E-state index in [2.05, 4.69) is 15.5 Å².